The van der Waals surface area contributed by atoms with Gasteiger partial charge in [0.05, 0.1) is 4.92 Å². The highest BCUT2D eigenvalue weighted by Crippen LogP contribution is 2.18. The van der Waals surface area contributed by atoms with Gasteiger partial charge in [-0.2, -0.15) is 0 Å². The van der Waals surface area contributed by atoms with Gasteiger partial charge in [-0.1, -0.05) is 19.1 Å². The molecule has 6 nitrogen and oxygen atoms in total. The maximum Gasteiger partial charge on any atom is 0.269 e. The van der Waals surface area contributed by atoms with Crippen LogP contribution in [0.1, 0.15) is 19.4 Å². The molecule has 0 spiro atoms. The first-order chi connectivity index (χ1) is 11.0. The van der Waals surface area contributed by atoms with Crippen LogP contribution < -0.4 is 10.1 Å². The summed E-state index contributed by atoms with van der Waals surface area (Å²) in [5.74, 6) is 0.316. The summed E-state index contributed by atoms with van der Waals surface area (Å²) >= 11 is 0. The highest BCUT2D eigenvalue weighted by atomic mass is 16.6. The maximum atomic E-state index is 12.1. The van der Waals surface area contributed by atoms with Crippen molar-refractivity contribution in [1.29, 1.82) is 0 Å². The van der Waals surface area contributed by atoms with Crippen LogP contribution in [0.15, 0.2) is 48.5 Å². The average Bonchev–Trinajstić information content (AvgIpc) is 2.55. The molecular weight excluding hydrogens is 296 g/mol. The van der Waals surface area contributed by atoms with E-state index >= 15 is 0 Å². The lowest BCUT2D eigenvalue weighted by molar-refractivity contribution is -0.384. The number of nitrogens with zero attached hydrogens (tertiary/aromatic N) is 1. The van der Waals surface area contributed by atoms with Crippen molar-refractivity contribution in [3.63, 3.8) is 0 Å². The first-order valence-corrected chi connectivity index (χ1v) is 7.30. The van der Waals surface area contributed by atoms with Crippen LogP contribution in [0.4, 0.5) is 11.4 Å². The molecule has 120 valence electrons. The molecule has 0 aliphatic rings. The van der Waals surface area contributed by atoms with Gasteiger partial charge in [-0.15, -0.1) is 0 Å². The fourth-order valence-electron chi connectivity index (χ4n) is 2.01. The molecule has 0 saturated carbocycles. The van der Waals surface area contributed by atoms with Gasteiger partial charge in [0.2, 0.25) is 0 Å². The van der Waals surface area contributed by atoms with Gasteiger partial charge in [-0.25, -0.2) is 0 Å². The molecule has 23 heavy (non-hydrogen) atoms. The lowest BCUT2D eigenvalue weighted by atomic mass is 10.2. The number of benzene rings is 2. The Balaban J connectivity index is 1.97. The van der Waals surface area contributed by atoms with Gasteiger partial charge in [-0.3, -0.25) is 14.9 Å². The van der Waals surface area contributed by atoms with E-state index in [0.717, 1.165) is 12.0 Å². The van der Waals surface area contributed by atoms with Crippen LogP contribution in [0.25, 0.3) is 0 Å². The first-order valence-electron chi connectivity index (χ1n) is 7.30. The normalized spacial score (nSPS) is 11.6. The summed E-state index contributed by atoms with van der Waals surface area (Å²) in [4.78, 5) is 22.2. The Morgan fingerprint density at radius 1 is 1.26 bits per heavy atom. The molecule has 1 amide bonds. The minimum Gasteiger partial charge on any atom is -0.481 e. The zero-order valence-corrected chi connectivity index (χ0v) is 13.0. The van der Waals surface area contributed by atoms with Crippen LogP contribution in [0.5, 0.6) is 5.75 Å². The van der Waals surface area contributed by atoms with Gasteiger partial charge >= 0.3 is 0 Å². The van der Waals surface area contributed by atoms with Gasteiger partial charge < -0.3 is 10.1 Å². The van der Waals surface area contributed by atoms with Crippen molar-refractivity contribution in [3.8, 4) is 5.75 Å². The second-order valence-corrected chi connectivity index (χ2v) is 5.05. The second kappa shape index (κ2) is 7.40. The fraction of sp³-hybridized carbons (Fsp3) is 0.235. The molecule has 0 bridgehead atoms. The Bertz CT molecular complexity index is 698. The van der Waals surface area contributed by atoms with Crippen molar-refractivity contribution in [2.45, 2.75) is 26.4 Å². The predicted molar refractivity (Wildman–Crippen MR) is 87.6 cm³/mol. The van der Waals surface area contributed by atoms with Crippen molar-refractivity contribution in [1.82, 2.24) is 0 Å². The number of hydrogen-bond donors (Lipinski definition) is 1. The molecule has 0 aromatic heterocycles. The van der Waals surface area contributed by atoms with Crippen molar-refractivity contribution in [2.75, 3.05) is 5.32 Å². The number of carbonyl (C=O) groups excluding carboxylic acids is 1. The van der Waals surface area contributed by atoms with Crippen LogP contribution in [0.3, 0.4) is 0 Å². The van der Waals surface area contributed by atoms with E-state index in [1.165, 1.54) is 24.3 Å². The van der Waals surface area contributed by atoms with E-state index in [1.54, 1.807) is 13.0 Å². The molecule has 0 heterocycles. The topological polar surface area (TPSA) is 81.5 Å². The van der Waals surface area contributed by atoms with E-state index in [2.05, 4.69) is 5.32 Å². The molecule has 6 heteroatoms. The molecule has 1 atom stereocenters. The Morgan fingerprint density at radius 3 is 2.57 bits per heavy atom. The van der Waals surface area contributed by atoms with Gasteiger partial charge in [0.25, 0.3) is 11.6 Å². The fourth-order valence-corrected chi connectivity index (χ4v) is 2.01. The quantitative estimate of drug-likeness (QED) is 0.653. The molecule has 0 fully saturated rings. The Morgan fingerprint density at radius 2 is 1.96 bits per heavy atom. The monoisotopic (exact) mass is 314 g/mol. The number of ether oxygens (including phenoxy) is 1. The molecular formula is C17H18N2O4. The third kappa shape index (κ3) is 4.54. The number of amides is 1. The van der Waals surface area contributed by atoms with E-state index in [0.29, 0.717) is 11.4 Å². The standard InChI is InChI=1S/C17H18N2O4/c1-3-13-5-4-6-16(11-13)23-12(2)17(20)18-14-7-9-15(10-8-14)19(21)22/h4-12H,3H2,1-2H3,(H,18,20). The number of non-ortho nitro benzene ring substituents is 1. The molecule has 2 aromatic rings. The summed E-state index contributed by atoms with van der Waals surface area (Å²) in [5, 5.41) is 13.3. The highest BCUT2D eigenvalue weighted by molar-refractivity contribution is 5.94. The number of nitro groups is 1. The number of carbonyl (C=O) groups is 1. The van der Waals surface area contributed by atoms with Crippen molar-refractivity contribution in [3.05, 3.63) is 64.2 Å². The van der Waals surface area contributed by atoms with E-state index in [1.807, 2.05) is 25.1 Å². The van der Waals surface area contributed by atoms with Gasteiger partial charge in [0.15, 0.2) is 6.10 Å². The number of rotatable bonds is 6. The number of nitrogens with one attached hydrogen (secondary N) is 1. The average molecular weight is 314 g/mol. The van der Waals surface area contributed by atoms with Gasteiger partial charge in [-0.05, 0) is 43.2 Å². The maximum absolute atomic E-state index is 12.1. The van der Waals surface area contributed by atoms with Crippen LogP contribution in [0, 0.1) is 10.1 Å². The molecule has 2 aromatic carbocycles. The Hall–Kier alpha value is -2.89. The summed E-state index contributed by atoms with van der Waals surface area (Å²) in [6, 6.07) is 13.2. The van der Waals surface area contributed by atoms with Crippen LogP contribution >= 0.6 is 0 Å². The minimum absolute atomic E-state index is 0.0244. The first kappa shape index (κ1) is 16.5. The number of anilines is 1. The molecule has 0 saturated heterocycles. The van der Waals surface area contributed by atoms with Crippen molar-refractivity contribution >= 4 is 17.3 Å². The number of hydrogen-bond acceptors (Lipinski definition) is 4. The van der Waals surface area contributed by atoms with E-state index in [9.17, 15) is 14.9 Å². The van der Waals surface area contributed by atoms with E-state index < -0.39 is 11.0 Å². The lowest BCUT2D eigenvalue weighted by Gasteiger charge is -2.15. The van der Waals surface area contributed by atoms with Crippen molar-refractivity contribution in [2.24, 2.45) is 0 Å². The predicted octanol–water partition coefficient (Wildman–Crippen LogP) is 3.56. The zero-order chi connectivity index (χ0) is 16.8. The van der Waals surface area contributed by atoms with Crippen LogP contribution in [-0.4, -0.2) is 16.9 Å². The van der Waals surface area contributed by atoms with Crippen molar-refractivity contribution < 1.29 is 14.5 Å². The lowest BCUT2D eigenvalue weighted by Crippen LogP contribution is -2.30. The number of aryl methyl sites for hydroxylation is 1. The molecule has 1 N–H and O–H groups in total. The zero-order valence-electron chi connectivity index (χ0n) is 13.0. The smallest absolute Gasteiger partial charge is 0.269 e. The molecule has 0 aliphatic carbocycles. The minimum atomic E-state index is -0.683. The van der Waals surface area contributed by atoms with Crippen LogP contribution in [0.2, 0.25) is 0 Å². The molecule has 2 rings (SSSR count). The summed E-state index contributed by atoms with van der Waals surface area (Å²) < 4.78 is 5.63. The number of nitro benzene ring substituents is 1. The van der Waals surface area contributed by atoms with E-state index in [4.69, 9.17) is 4.74 Å². The van der Waals surface area contributed by atoms with Crippen LogP contribution in [-0.2, 0) is 11.2 Å². The second-order valence-electron chi connectivity index (χ2n) is 5.05. The summed E-state index contributed by atoms with van der Waals surface area (Å²) in [6.45, 7) is 3.70. The summed E-state index contributed by atoms with van der Waals surface area (Å²) in [5.41, 5.74) is 1.59. The molecule has 0 radical (unpaired) electrons. The Labute approximate surface area is 134 Å². The Kier molecular flexibility index (Phi) is 5.30. The molecule has 1 unspecified atom stereocenters. The largest absolute Gasteiger partial charge is 0.481 e. The summed E-state index contributed by atoms with van der Waals surface area (Å²) in [7, 11) is 0. The van der Waals surface area contributed by atoms with Gasteiger partial charge in [0, 0.05) is 17.8 Å². The third-order valence-electron chi connectivity index (χ3n) is 3.33. The summed E-state index contributed by atoms with van der Waals surface area (Å²) in [6.07, 6.45) is 0.206. The van der Waals surface area contributed by atoms with Gasteiger partial charge in [0.1, 0.15) is 5.75 Å². The highest BCUT2D eigenvalue weighted by Gasteiger charge is 2.15. The third-order valence-corrected chi connectivity index (χ3v) is 3.33. The molecule has 0 aliphatic heterocycles. The van der Waals surface area contributed by atoms with E-state index in [-0.39, 0.29) is 11.6 Å². The SMILES string of the molecule is CCc1cccc(OC(C)C(=O)Nc2ccc([N+](=O)[O-])cc2)c1.